The van der Waals surface area contributed by atoms with Gasteiger partial charge in [0.05, 0.1) is 10.6 Å². The molecule has 1 amide bonds. The van der Waals surface area contributed by atoms with Crippen LogP contribution in [-0.2, 0) is 0 Å². The highest BCUT2D eigenvalue weighted by atomic mass is 79.9. The molecule has 1 fully saturated rings. The number of halogens is 2. The van der Waals surface area contributed by atoms with E-state index in [4.69, 9.17) is 11.6 Å². The van der Waals surface area contributed by atoms with Crippen molar-refractivity contribution in [2.45, 2.75) is 19.8 Å². The zero-order chi connectivity index (χ0) is 13.1. The Labute approximate surface area is 121 Å². The number of aryl methyl sites for hydroxylation is 1. The van der Waals surface area contributed by atoms with Gasteiger partial charge in [0.25, 0.3) is 5.91 Å². The molecule has 4 heteroatoms. The van der Waals surface area contributed by atoms with E-state index in [2.05, 4.69) is 15.9 Å². The first-order valence-corrected chi connectivity index (χ1v) is 7.73. The molecule has 1 aliphatic rings. The highest BCUT2D eigenvalue weighted by Gasteiger charge is 2.24. The van der Waals surface area contributed by atoms with Crippen LogP contribution in [0.1, 0.15) is 28.8 Å². The number of benzene rings is 1. The Morgan fingerprint density at radius 3 is 2.72 bits per heavy atom. The standard InChI is InChI=1S/C14H17BrClNO/c1-10-3-2-4-12(13(10)16)14(18)17-7-5-11(9-15)6-8-17/h2-4,11H,5-9H2,1H3. The van der Waals surface area contributed by atoms with Gasteiger partial charge in [-0.15, -0.1) is 0 Å². The summed E-state index contributed by atoms with van der Waals surface area (Å²) in [4.78, 5) is 14.3. The van der Waals surface area contributed by atoms with E-state index in [9.17, 15) is 4.79 Å². The Bertz CT molecular complexity index is 441. The first kappa shape index (κ1) is 13.9. The molecule has 2 nitrogen and oxygen atoms in total. The van der Waals surface area contributed by atoms with Crippen LogP contribution in [0.5, 0.6) is 0 Å². The number of likely N-dealkylation sites (tertiary alicyclic amines) is 1. The molecule has 0 spiro atoms. The minimum absolute atomic E-state index is 0.0664. The lowest BCUT2D eigenvalue weighted by Gasteiger charge is -2.31. The van der Waals surface area contributed by atoms with Crippen molar-refractivity contribution in [2.75, 3.05) is 18.4 Å². The maximum absolute atomic E-state index is 12.4. The van der Waals surface area contributed by atoms with Gasteiger partial charge in [-0.2, -0.15) is 0 Å². The molecule has 1 aromatic carbocycles. The van der Waals surface area contributed by atoms with Gasteiger partial charge >= 0.3 is 0 Å². The van der Waals surface area contributed by atoms with Crippen molar-refractivity contribution in [1.82, 2.24) is 4.90 Å². The van der Waals surface area contributed by atoms with E-state index in [1.54, 1.807) is 0 Å². The van der Waals surface area contributed by atoms with Gasteiger partial charge in [-0.3, -0.25) is 4.79 Å². The number of nitrogens with zero attached hydrogens (tertiary/aromatic N) is 1. The van der Waals surface area contributed by atoms with E-state index in [1.165, 1.54) is 0 Å². The monoisotopic (exact) mass is 329 g/mol. The largest absolute Gasteiger partial charge is 0.339 e. The summed E-state index contributed by atoms with van der Waals surface area (Å²) in [6.45, 7) is 3.59. The first-order chi connectivity index (χ1) is 8.63. The molecule has 0 unspecified atom stereocenters. The van der Waals surface area contributed by atoms with Crippen molar-refractivity contribution in [3.8, 4) is 0 Å². The van der Waals surface area contributed by atoms with Gasteiger partial charge in [-0.25, -0.2) is 0 Å². The smallest absolute Gasteiger partial charge is 0.255 e. The van der Waals surface area contributed by atoms with Crippen LogP contribution in [0.2, 0.25) is 5.02 Å². The van der Waals surface area contributed by atoms with Gasteiger partial charge in [-0.05, 0) is 37.3 Å². The van der Waals surface area contributed by atoms with Crippen molar-refractivity contribution in [1.29, 1.82) is 0 Å². The van der Waals surface area contributed by atoms with Crippen molar-refractivity contribution < 1.29 is 4.79 Å². The second kappa shape index (κ2) is 6.07. The number of hydrogen-bond donors (Lipinski definition) is 0. The van der Waals surface area contributed by atoms with E-state index >= 15 is 0 Å². The highest BCUT2D eigenvalue weighted by molar-refractivity contribution is 9.09. The molecule has 0 aliphatic carbocycles. The summed E-state index contributed by atoms with van der Waals surface area (Å²) < 4.78 is 0. The highest BCUT2D eigenvalue weighted by Crippen LogP contribution is 2.25. The number of carbonyl (C=O) groups excluding carboxylic acids is 1. The Balaban J connectivity index is 2.10. The zero-order valence-corrected chi connectivity index (χ0v) is 12.8. The van der Waals surface area contributed by atoms with Gasteiger partial charge in [-0.1, -0.05) is 39.7 Å². The van der Waals surface area contributed by atoms with Gasteiger partial charge in [0.2, 0.25) is 0 Å². The van der Waals surface area contributed by atoms with Crippen molar-refractivity contribution in [3.05, 3.63) is 34.3 Å². The van der Waals surface area contributed by atoms with Crippen LogP contribution in [0, 0.1) is 12.8 Å². The third-order valence-electron chi connectivity index (χ3n) is 3.54. The first-order valence-electron chi connectivity index (χ1n) is 6.24. The summed E-state index contributed by atoms with van der Waals surface area (Å²) in [6.07, 6.45) is 2.14. The summed E-state index contributed by atoms with van der Waals surface area (Å²) >= 11 is 9.72. The number of hydrogen-bond acceptors (Lipinski definition) is 1. The molecule has 1 saturated heterocycles. The van der Waals surface area contributed by atoms with Crippen LogP contribution >= 0.6 is 27.5 Å². The van der Waals surface area contributed by atoms with E-state index in [0.29, 0.717) is 16.5 Å². The van der Waals surface area contributed by atoms with Crippen LogP contribution in [0.4, 0.5) is 0 Å². The summed E-state index contributed by atoms with van der Waals surface area (Å²) in [5.74, 6) is 0.763. The Kier molecular flexibility index (Phi) is 4.68. The Hall–Kier alpha value is -0.540. The maximum Gasteiger partial charge on any atom is 0.255 e. The van der Waals surface area contributed by atoms with Gasteiger partial charge in [0.15, 0.2) is 0 Å². The third kappa shape index (κ3) is 2.89. The molecular weight excluding hydrogens is 314 g/mol. The fourth-order valence-electron chi connectivity index (χ4n) is 2.27. The zero-order valence-electron chi connectivity index (χ0n) is 10.5. The second-order valence-corrected chi connectivity index (χ2v) is 5.85. The molecule has 0 saturated carbocycles. The number of alkyl halides is 1. The molecule has 0 aromatic heterocycles. The molecule has 2 rings (SSSR count). The van der Waals surface area contributed by atoms with Crippen LogP contribution in [0.3, 0.4) is 0 Å². The SMILES string of the molecule is Cc1cccc(C(=O)N2CCC(CBr)CC2)c1Cl. The van der Waals surface area contributed by atoms with E-state index in [0.717, 1.165) is 36.8 Å². The molecular formula is C14H17BrClNO. The second-order valence-electron chi connectivity index (χ2n) is 4.83. The van der Waals surface area contributed by atoms with Gasteiger partial charge < -0.3 is 4.90 Å². The number of piperidine rings is 1. The summed E-state index contributed by atoms with van der Waals surface area (Å²) in [6, 6.07) is 5.63. The topological polar surface area (TPSA) is 20.3 Å². The predicted octanol–water partition coefficient (Wildman–Crippen LogP) is 3.90. The quantitative estimate of drug-likeness (QED) is 0.753. The lowest BCUT2D eigenvalue weighted by Crippen LogP contribution is -2.39. The summed E-state index contributed by atoms with van der Waals surface area (Å²) in [7, 11) is 0. The lowest BCUT2D eigenvalue weighted by molar-refractivity contribution is 0.0699. The number of amides is 1. The molecule has 0 N–H and O–H groups in total. The molecule has 98 valence electrons. The maximum atomic E-state index is 12.4. The molecule has 0 bridgehead atoms. The summed E-state index contributed by atoms with van der Waals surface area (Å²) in [5.41, 5.74) is 1.59. The van der Waals surface area contributed by atoms with Crippen molar-refractivity contribution in [3.63, 3.8) is 0 Å². The lowest BCUT2D eigenvalue weighted by atomic mass is 9.98. The average molecular weight is 331 g/mol. The van der Waals surface area contributed by atoms with Crippen LogP contribution in [0.25, 0.3) is 0 Å². The molecule has 18 heavy (non-hydrogen) atoms. The van der Waals surface area contributed by atoms with Crippen LogP contribution in [-0.4, -0.2) is 29.2 Å². The summed E-state index contributed by atoms with van der Waals surface area (Å²) in [5, 5.41) is 1.62. The minimum Gasteiger partial charge on any atom is -0.339 e. The molecule has 1 heterocycles. The predicted molar refractivity (Wildman–Crippen MR) is 78.6 cm³/mol. The minimum atomic E-state index is 0.0664. The fourth-order valence-corrected chi connectivity index (χ4v) is 3.13. The molecule has 0 radical (unpaired) electrons. The average Bonchev–Trinajstić information content (AvgIpc) is 2.41. The normalized spacial score (nSPS) is 16.9. The molecule has 0 atom stereocenters. The van der Waals surface area contributed by atoms with Crippen LogP contribution < -0.4 is 0 Å². The Morgan fingerprint density at radius 2 is 2.11 bits per heavy atom. The van der Waals surface area contributed by atoms with E-state index in [1.807, 2.05) is 30.0 Å². The Morgan fingerprint density at radius 1 is 1.44 bits per heavy atom. The number of carbonyl (C=O) groups is 1. The molecule has 1 aromatic rings. The van der Waals surface area contributed by atoms with E-state index in [-0.39, 0.29) is 5.91 Å². The fraction of sp³-hybridized carbons (Fsp3) is 0.500. The van der Waals surface area contributed by atoms with Gasteiger partial charge in [0.1, 0.15) is 0 Å². The molecule has 1 aliphatic heterocycles. The third-order valence-corrected chi connectivity index (χ3v) is 4.96. The van der Waals surface area contributed by atoms with Crippen molar-refractivity contribution >= 4 is 33.4 Å². The van der Waals surface area contributed by atoms with Crippen molar-refractivity contribution in [2.24, 2.45) is 5.92 Å². The number of rotatable bonds is 2. The van der Waals surface area contributed by atoms with E-state index < -0.39 is 0 Å². The van der Waals surface area contributed by atoms with Gasteiger partial charge in [0, 0.05) is 18.4 Å². The van der Waals surface area contributed by atoms with Crippen LogP contribution in [0.15, 0.2) is 18.2 Å².